The molecule has 0 saturated heterocycles. The molecule has 1 heterocycles. The fraction of sp³-hybridized carbons (Fsp3) is 0.500. The second-order valence-electron chi connectivity index (χ2n) is 5.94. The normalized spacial score (nSPS) is 14.6. The van der Waals surface area contributed by atoms with Crippen molar-refractivity contribution in [2.24, 2.45) is 0 Å². The zero-order valence-corrected chi connectivity index (χ0v) is 12.9. The van der Waals surface area contributed by atoms with E-state index in [1.165, 1.54) is 0 Å². The molecule has 2 N–H and O–H groups in total. The lowest BCUT2D eigenvalue weighted by atomic mass is 10.1. The summed E-state index contributed by atoms with van der Waals surface area (Å²) in [4.78, 5) is 15.7. The molecule has 1 aromatic carbocycles. The second-order valence-corrected chi connectivity index (χ2v) is 5.94. The molecule has 0 aliphatic carbocycles. The minimum absolute atomic E-state index is 0.100. The van der Waals surface area contributed by atoms with Gasteiger partial charge in [-0.1, -0.05) is 13.8 Å². The van der Waals surface area contributed by atoms with E-state index in [-0.39, 0.29) is 17.5 Å². The number of aromatic carboxylic acids is 1. The van der Waals surface area contributed by atoms with Crippen LogP contribution >= 0.6 is 0 Å². The van der Waals surface area contributed by atoms with Crippen LogP contribution in [-0.2, 0) is 0 Å². The van der Waals surface area contributed by atoms with Crippen molar-refractivity contribution in [1.29, 1.82) is 0 Å². The third-order valence-corrected chi connectivity index (χ3v) is 3.60. The summed E-state index contributed by atoms with van der Waals surface area (Å²) in [6, 6.07) is 5.11. The van der Waals surface area contributed by atoms with Crippen LogP contribution in [-0.4, -0.2) is 31.8 Å². The van der Waals surface area contributed by atoms with Gasteiger partial charge in [-0.2, -0.15) is 0 Å². The summed E-state index contributed by atoms with van der Waals surface area (Å²) >= 11 is 0. The predicted molar refractivity (Wildman–Crippen MR) is 81.8 cm³/mol. The molecule has 0 aliphatic heterocycles. The molecule has 0 spiro atoms. The van der Waals surface area contributed by atoms with Crippen molar-refractivity contribution >= 4 is 17.0 Å². The predicted octanol–water partition coefficient (Wildman–Crippen LogP) is 3.19. The number of aromatic nitrogens is 2. The Hall–Kier alpha value is -1.88. The Labute approximate surface area is 124 Å². The van der Waals surface area contributed by atoms with Crippen molar-refractivity contribution in [3.8, 4) is 0 Å². The molecular weight excluding hydrogens is 268 g/mol. The summed E-state index contributed by atoms with van der Waals surface area (Å²) in [7, 11) is 0. The van der Waals surface area contributed by atoms with E-state index in [9.17, 15) is 9.90 Å². The minimum Gasteiger partial charge on any atom is -0.478 e. The topological polar surface area (TPSA) is 75.3 Å². The maximum Gasteiger partial charge on any atom is 0.335 e. The van der Waals surface area contributed by atoms with Crippen LogP contribution in [0.1, 0.15) is 62.3 Å². The van der Waals surface area contributed by atoms with Crippen molar-refractivity contribution in [2.75, 3.05) is 0 Å². The van der Waals surface area contributed by atoms with E-state index in [1.54, 1.807) is 25.1 Å². The van der Waals surface area contributed by atoms with E-state index in [2.05, 4.69) is 23.4 Å². The number of hydrogen-bond acceptors (Lipinski definition) is 3. The molecule has 2 atom stereocenters. The maximum atomic E-state index is 11.1. The third-order valence-electron chi connectivity index (χ3n) is 3.60. The lowest BCUT2D eigenvalue weighted by molar-refractivity contribution is 0.0697. The zero-order chi connectivity index (χ0) is 15.7. The molecule has 1 aromatic heterocycles. The van der Waals surface area contributed by atoms with E-state index in [0.717, 1.165) is 11.3 Å². The van der Waals surface area contributed by atoms with Gasteiger partial charge in [0, 0.05) is 12.0 Å². The lowest BCUT2D eigenvalue weighted by Gasteiger charge is -2.20. The number of aliphatic hydroxyl groups excluding tert-OH is 1. The largest absolute Gasteiger partial charge is 0.478 e. The van der Waals surface area contributed by atoms with Crippen LogP contribution in [0.3, 0.4) is 0 Å². The minimum atomic E-state index is -0.949. The molecule has 0 saturated carbocycles. The Bertz CT molecular complexity index is 659. The van der Waals surface area contributed by atoms with Crippen LogP contribution in [0, 0.1) is 0 Å². The number of fused-ring (bicyclic) bond motifs is 1. The molecule has 21 heavy (non-hydrogen) atoms. The average molecular weight is 290 g/mol. The smallest absolute Gasteiger partial charge is 0.335 e. The van der Waals surface area contributed by atoms with E-state index in [4.69, 9.17) is 5.11 Å². The maximum absolute atomic E-state index is 11.1. The molecule has 0 aliphatic rings. The van der Waals surface area contributed by atoms with Crippen LogP contribution in [0.15, 0.2) is 18.2 Å². The van der Waals surface area contributed by atoms with Gasteiger partial charge >= 0.3 is 5.97 Å². The first-order valence-corrected chi connectivity index (χ1v) is 7.24. The van der Waals surface area contributed by atoms with Crippen LogP contribution < -0.4 is 0 Å². The Morgan fingerprint density at radius 1 is 1.29 bits per heavy atom. The van der Waals surface area contributed by atoms with Gasteiger partial charge in [-0.3, -0.25) is 0 Å². The highest BCUT2D eigenvalue weighted by atomic mass is 16.4. The zero-order valence-electron chi connectivity index (χ0n) is 12.9. The Kier molecular flexibility index (Phi) is 4.32. The number of carboxylic acids is 1. The van der Waals surface area contributed by atoms with Crippen LogP contribution in [0.5, 0.6) is 0 Å². The molecule has 2 aromatic rings. The number of aliphatic hydroxyl groups is 1. The van der Waals surface area contributed by atoms with Crippen molar-refractivity contribution in [1.82, 2.24) is 9.55 Å². The SMILES string of the molecule is CC(O)CC(C)n1c(C(C)C)nc2cc(C(=O)O)ccc21. The fourth-order valence-electron chi connectivity index (χ4n) is 2.72. The third kappa shape index (κ3) is 3.08. The summed E-state index contributed by atoms with van der Waals surface area (Å²) in [6.45, 7) is 7.94. The number of carbonyl (C=O) groups is 1. The molecule has 0 amide bonds. The quantitative estimate of drug-likeness (QED) is 0.886. The molecule has 0 bridgehead atoms. The Morgan fingerprint density at radius 2 is 1.95 bits per heavy atom. The highest BCUT2D eigenvalue weighted by Gasteiger charge is 2.20. The first-order valence-electron chi connectivity index (χ1n) is 7.24. The van der Waals surface area contributed by atoms with Gasteiger partial charge in [0.15, 0.2) is 0 Å². The second kappa shape index (κ2) is 5.85. The van der Waals surface area contributed by atoms with Gasteiger partial charge in [0.1, 0.15) is 5.82 Å². The summed E-state index contributed by atoms with van der Waals surface area (Å²) in [6.07, 6.45) is 0.238. The Morgan fingerprint density at radius 3 is 2.48 bits per heavy atom. The standard InChI is InChI=1S/C16H22N2O3/c1-9(2)15-17-13-8-12(16(20)21)5-6-14(13)18(15)10(3)7-11(4)19/h5-6,8-11,19H,7H2,1-4H3,(H,20,21). The van der Waals surface area contributed by atoms with Gasteiger partial charge in [0.2, 0.25) is 0 Å². The first kappa shape index (κ1) is 15.5. The molecule has 2 rings (SSSR count). The lowest BCUT2D eigenvalue weighted by Crippen LogP contribution is -2.15. The monoisotopic (exact) mass is 290 g/mol. The van der Waals surface area contributed by atoms with Crippen molar-refractivity contribution in [3.05, 3.63) is 29.6 Å². The van der Waals surface area contributed by atoms with Gasteiger partial charge in [-0.15, -0.1) is 0 Å². The summed E-state index contributed by atoms with van der Waals surface area (Å²) < 4.78 is 2.11. The fourth-order valence-corrected chi connectivity index (χ4v) is 2.72. The van der Waals surface area contributed by atoms with Crippen molar-refractivity contribution in [2.45, 2.75) is 52.2 Å². The highest BCUT2D eigenvalue weighted by Crippen LogP contribution is 2.28. The van der Waals surface area contributed by atoms with Gasteiger partial charge < -0.3 is 14.8 Å². The summed E-state index contributed by atoms with van der Waals surface area (Å²) in [5.74, 6) is 0.192. The van der Waals surface area contributed by atoms with E-state index in [0.29, 0.717) is 11.9 Å². The molecule has 0 fully saturated rings. The van der Waals surface area contributed by atoms with Crippen LogP contribution in [0.4, 0.5) is 0 Å². The average Bonchev–Trinajstić information content (AvgIpc) is 2.76. The van der Waals surface area contributed by atoms with Crippen molar-refractivity contribution in [3.63, 3.8) is 0 Å². The summed E-state index contributed by atoms with van der Waals surface area (Å²) in [5.41, 5.74) is 1.85. The molecular formula is C16H22N2O3. The molecule has 2 unspecified atom stereocenters. The number of hydrogen-bond donors (Lipinski definition) is 2. The molecule has 0 radical (unpaired) electrons. The van der Waals surface area contributed by atoms with Crippen molar-refractivity contribution < 1.29 is 15.0 Å². The summed E-state index contributed by atoms with van der Waals surface area (Å²) in [5, 5.41) is 18.7. The van der Waals surface area contributed by atoms with E-state index >= 15 is 0 Å². The number of carboxylic acid groups (broad SMARTS) is 1. The number of benzene rings is 1. The molecule has 5 heteroatoms. The van der Waals surface area contributed by atoms with E-state index < -0.39 is 12.1 Å². The number of imidazole rings is 1. The highest BCUT2D eigenvalue weighted by molar-refractivity contribution is 5.92. The van der Waals surface area contributed by atoms with Crippen LogP contribution in [0.2, 0.25) is 0 Å². The van der Waals surface area contributed by atoms with Gasteiger partial charge in [-0.25, -0.2) is 9.78 Å². The van der Waals surface area contributed by atoms with Crippen LogP contribution in [0.25, 0.3) is 11.0 Å². The van der Waals surface area contributed by atoms with Gasteiger partial charge in [0.25, 0.3) is 0 Å². The molecule has 5 nitrogen and oxygen atoms in total. The first-order chi connectivity index (χ1) is 9.81. The number of nitrogens with zero attached hydrogens (tertiary/aromatic N) is 2. The van der Waals surface area contributed by atoms with Gasteiger partial charge in [-0.05, 0) is 38.5 Å². The van der Waals surface area contributed by atoms with Gasteiger partial charge in [0.05, 0.1) is 22.7 Å². The van der Waals surface area contributed by atoms with E-state index in [1.807, 2.05) is 6.92 Å². The Balaban J connectivity index is 2.60. The number of rotatable bonds is 5. The molecule has 114 valence electrons.